The van der Waals surface area contributed by atoms with Gasteiger partial charge in [-0.3, -0.25) is 9.78 Å². The highest BCUT2D eigenvalue weighted by molar-refractivity contribution is 5.96. The fourth-order valence-electron chi connectivity index (χ4n) is 3.45. The summed E-state index contributed by atoms with van der Waals surface area (Å²) in [7, 11) is 3.44. The van der Waals surface area contributed by atoms with Crippen LogP contribution in [0.15, 0.2) is 36.7 Å². The molecule has 1 aromatic heterocycles. The molecule has 1 aliphatic rings. The minimum Gasteiger partial charge on any atom is -0.496 e. The van der Waals surface area contributed by atoms with Crippen LogP contribution in [0.2, 0.25) is 0 Å². The normalized spacial score (nSPS) is 17.5. The van der Waals surface area contributed by atoms with Crippen LogP contribution in [0.1, 0.15) is 35.3 Å². The molecule has 1 aliphatic heterocycles. The maximum Gasteiger partial charge on any atom is 0.257 e. The molecule has 0 spiro atoms. The van der Waals surface area contributed by atoms with Crippen LogP contribution in [-0.4, -0.2) is 48.0 Å². The number of likely N-dealkylation sites (tertiary alicyclic amines) is 1. The van der Waals surface area contributed by atoms with Crippen LogP contribution >= 0.6 is 0 Å². The van der Waals surface area contributed by atoms with E-state index in [0.29, 0.717) is 17.2 Å². The van der Waals surface area contributed by atoms with Gasteiger partial charge in [0.25, 0.3) is 5.91 Å². The fourth-order valence-corrected chi connectivity index (χ4v) is 3.45. The summed E-state index contributed by atoms with van der Waals surface area (Å²) in [5.74, 6) is 2.00. The van der Waals surface area contributed by atoms with Crippen molar-refractivity contribution in [3.8, 4) is 5.75 Å². The lowest BCUT2D eigenvalue weighted by Crippen LogP contribution is -2.32. The van der Waals surface area contributed by atoms with Gasteiger partial charge in [-0.15, -0.1) is 0 Å². The molecule has 1 saturated heterocycles. The van der Waals surface area contributed by atoms with Crippen molar-refractivity contribution in [2.45, 2.75) is 25.7 Å². The Morgan fingerprint density at radius 2 is 2.08 bits per heavy atom. The smallest absolute Gasteiger partial charge is 0.257 e. The molecule has 0 saturated carbocycles. The molecule has 0 aliphatic carbocycles. The second-order valence-corrected chi connectivity index (χ2v) is 6.64. The molecule has 3 rings (SSSR count). The van der Waals surface area contributed by atoms with E-state index >= 15 is 0 Å². The molecule has 6 heteroatoms. The van der Waals surface area contributed by atoms with Crippen LogP contribution in [0, 0.1) is 5.92 Å². The van der Waals surface area contributed by atoms with Gasteiger partial charge >= 0.3 is 0 Å². The van der Waals surface area contributed by atoms with Gasteiger partial charge in [0.05, 0.1) is 30.8 Å². The van der Waals surface area contributed by atoms with Crippen LogP contribution in [-0.2, 0) is 6.42 Å². The number of aromatic nitrogens is 2. The van der Waals surface area contributed by atoms with Crippen molar-refractivity contribution < 1.29 is 9.53 Å². The summed E-state index contributed by atoms with van der Waals surface area (Å²) in [5.41, 5.74) is 1.65. The summed E-state index contributed by atoms with van der Waals surface area (Å²) in [4.78, 5) is 23.6. The molecular formula is C20H26N4O2. The number of rotatable bonds is 5. The van der Waals surface area contributed by atoms with Gasteiger partial charge in [0.2, 0.25) is 0 Å². The zero-order chi connectivity index (χ0) is 18.4. The molecule has 1 N–H and O–H groups in total. The summed E-state index contributed by atoms with van der Waals surface area (Å²) in [6.07, 6.45) is 7.61. The Morgan fingerprint density at radius 1 is 1.23 bits per heavy atom. The first-order valence-corrected chi connectivity index (χ1v) is 9.12. The Balaban J connectivity index is 1.61. The number of hydrogen-bond donors (Lipinski definition) is 1. The summed E-state index contributed by atoms with van der Waals surface area (Å²) < 4.78 is 5.34. The highest BCUT2D eigenvalue weighted by atomic mass is 16.5. The van der Waals surface area contributed by atoms with Crippen molar-refractivity contribution in [2.75, 3.05) is 32.6 Å². The second-order valence-electron chi connectivity index (χ2n) is 6.64. The van der Waals surface area contributed by atoms with Gasteiger partial charge in [0.1, 0.15) is 11.6 Å². The molecule has 0 radical (unpaired) electrons. The number of nitrogens with zero attached hydrogens (tertiary/aromatic N) is 3. The fraction of sp³-hybridized carbons (Fsp3) is 0.450. The van der Waals surface area contributed by atoms with E-state index in [9.17, 15) is 4.79 Å². The molecule has 0 bridgehead atoms. The van der Waals surface area contributed by atoms with Crippen molar-refractivity contribution >= 4 is 11.7 Å². The number of hydrogen-bond acceptors (Lipinski definition) is 5. The summed E-state index contributed by atoms with van der Waals surface area (Å²) in [6.45, 7) is 1.56. The van der Waals surface area contributed by atoms with E-state index in [4.69, 9.17) is 4.74 Å². The average Bonchev–Trinajstić information content (AvgIpc) is 2.93. The van der Waals surface area contributed by atoms with Gasteiger partial charge in [-0.05, 0) is 43.7 Å². The minimum atomic E-state index is 0.0567. The molecule has 138 valence electrons. The van der Waals surface area contributed by atoms with Gasteiger partial charge in [-0.1, -0.05) is 12.1 Å². The standard InChI is InChI=1S/C20H26N4O2/c1-21-19-14-22-16(13-23-19)12-15-6-5-10-24(11-9-15)20(25)17-7-3-4-8-18(17)26-2/h3-4,7-8,13-15H,5-6,9-12H2,1-2H3,(H,21,23)/t15-/m0/s1. The van der Waals surface area contributed by atoms with Crippen molar-refractivity contribution in [3.63, 3.8) is 0 Å². The Bertz CT molecular complexity index is 733. The molecule has 1 fully saturated rings. The van der Waals surface area contributed by atoms with E-state index in [1.54, 1.807) is 13.3 Å². The highest BCUT2D eigenvalue weighted by Gasteiger charge is 2.23. The minimum absolute atomic E-state index is 0.0567. The monoisotopic (exact) mass is 354 g/mol. The average molecular weight is 354 g/mol. The molecule has 26 heavy (non-hydrogen) atoms. The van der Waals surface area contributed by atoms with Gasteiger partial charge in [-0.2, -0.15) is 0 Å². The third-order valence-corrected chi connectivity index (χ3v) is 4.93. The maximum atomic E-state index is 12.9. The van der Waals surface area contributed by atoms with E-state index in [1.165, 1.54) is 0 Å². The SMILES string of the molecule is CNc1cnc(C[C@H]2CCCN(C(=O)c3ccccc3OC)CC2)cn1. The van der Waals surface area contributed by atoms with Gasteiger partial charge < -0.3 is 15.0 Å². The predicted octanol–water partition coefficient (Wildman–Crippen LogP) is 3.01. The van der Waals surface area contributed by atoms with Crippen molar-refractivity contribution in [2.24, 2.45) is 5.92 Å². The number of benzene rings is 1. The zero-order valence-electron chi connectivity index (χ0n) is 15.4. The van der Waals surface area contributed by atoms with Gasteiger partial charge in [0.15, 0.2) is 0 Å². The van der Waals surface area contributed by atoms with Crippen LogP contribution in [0.5, 0.6) is 5.75 Å². The number of methoxy groups -OCH3 is 1. The number of carbonyl (C=O) groups is 1. The third-order valence-electron chi connectivity index (χ3n) is 4.93. The zero-order valence-corrected chi connectivity index (χ0v) is 15.4. The van der Waals surface area contributed by atoms with Crippen LogP contribution < -0.4 is 10.1 Å². The number of ether oxygens (including phenoxy) is 1. The number of carbonyl (C=O) groups excluding carboxylic acids is 1. The molecule has 1 amide bonds. The van der Waals surface area contributed by atoms with Crippen LogP contribution in [0.3, 0.4) is 0 Å². The predicted molar refractivity (Wildman–Crippen MR) is 102 cm³/mol. The lowest BCUT2D eigenvalue weighted by Gasteiger charge is -2.21. The number of para-hydroxylation sites is 1. The van der Waals surface area contributed by atoms with Crippen LogP contribution in [0.4, 0.5) is 5.82 Å². The number of amides is 1. The first-order valence-electron chi connectivity index (χ1n) is 9.12. The molecular weight excluding hydrogens is 328 g/mol. The summed E-state index contributed by atoms with van der Waals surface area (Å²) >= 11 is 0. The van der Waals surface area contributed by atoms with Crippen molar-refractivity contribution in [3.05, 3.63) is 47.9 Å². The quantitative estimate of drug-likeness (QED) is 0.894. The second kappa shape index (κ2) is 8.65. The van der Waals surface area contributed by atoms with E-state index in [1.807, 2.05) is 42.4 Å². The van der Waals surface area contributed by atoms with Crippen LogP contribution in [0.25, 0.3) is 0 Å². The van der Waals surface area contributed by atoms with Crippen molar-refractivity contribution in [1.29, 1.82) is 0 Å². The van der Waals surface area contributed by atoms with E-state index in [2.05, 4.69) is 15.3 Å². The van der Waals surface area contributed by atoms with E-state index in [-0.39, 0.29) is 5.91 Å². The molecule has 6 nitrogen and oxygen atoms in total. The first-order chi connectivity index (χ1) is 12.7. The van der Waals surface area contributed by atoms with E-state index < -0.39 is 0 Å². The maximum absolute atomic E-state index is 12.9. The molecule has 1 atom stereocenters. The third kappa shape index (κ3) is 4.31. The number of anilines is 1. The van der Waals surface area contributed by atoms with E-state index in [0.717, 1.165) is 50.3 Å². The van der Waals surface area contributed by atoms with Gasteiger partial charge in [-0.25, -0.2) is 4.98 Å². The lowest BCUT2D eigenvalue weighted by molar-refractivity contribution is 0.0756. The Kier molecular flexibility index (Phi) is 6.04. The topological polar surface area (TPSA) is 67.4 Å². The molecule has 2 heterocycles. The molecule has 2 aromatic rings. The highest BCUT2D eigenvalue weighted by Crippen LogP contribution is 2.24. The largest absolute Gasteiger partial charge is 0.496 e. The lowest BCUT2D eigenvalue weighted by atomic mass is 9.95. The molecule has 1 aromatic carbocycles. The first kappa shape index (κ1) is 18.2. The number of nitrogens with one attached hydrogen (secondary N) is 1. The summed E-state index contributed by atoms with van der Waals surface area (Å²) in [5, 5.41) is 2.98. The Morgan fingerprint density at radius 3 is 2.81 bits per heavy atom. The molecule has 0 unspecified atom stereocenters. The summed E-state index contributed by atoms with van der Waals surface area (Å²) in [6, 6.07) is 7.43. The Labute approximate surface area is 154 Å². The Hall–Kier alpha value is -2.63. The van der Waals surface area contributed by atoms with Crippen molar-refractivity contribution in [1.82, 2.24) is 14.9 Å². The van der Waals surface area contributed by atoms with Gasteiger partial charge in [0, 0.05) is 20.1 Å².